The van der Waals surface area contributed by atoms with Gasteiger partial charge in [-0.15, -0.1) is 0 Å². The van der Waals surface area contributed by atoms with E-state index in [1.165, 1.54) is 12.4 Å². The van der Waals surface area contributed by atoms with E-state index in [0.29, 0.717) is 17.7 Å². The third-order valence-corrected chi connectivity index (χ3v) is 2.32. The molecule has 0 aromatic carbocycles. The Bertz CT molecular complexity index is 532. The zero-order valence-electron chi connectivity index (χ0n) is 11.3. The molecule has 0 aliphatic heterocycles. The number of aliphatic hydroxyl groups is 1. The van der Waals surface area contributed by atoms with Crippen molar-refractivity contribution in [2.24, 2.45) is 0 Å². The van der Waals surface area contributed by atoms with Crippen molar-refractivity contribution in [3.05, 3.63) is 29.6 Å². The number of aromatic nitrogens is 1. The van der Waals surface area contributed by atoms with Gasteiger partial charge >= 0.3 is 0 Å². The fourth-order valence-electron chi connectivity index (χ4n) is 1.45. The minimum absolute atomic E-state index is 0.103. The summed E-state index contributed by atoms with van der Waals surface area (Å²) in [4.78, 5) is 27.0. The van der Waals surface area contributed by atoms with Gasteiger partial charge in [0.15, 0.2) is 0 Å². The highest BCUT2D eigenvalue weighted by molar-refractivity contribution is 5.94. The van der Waals surface area contributed by atoms with Crippen molar-refractivity contribution in [2.45, 2.75) is 13.3 Å². The van der Waals surface area contributed by atoms with Gasteiger partial charge in [-0.05, 0) is 13.0 Å². The summed E-state index contributed by atoms with van der Waals surface area (Å²) in [5.41, 5.74) is 0.918. The first kappa shape index (κ1) is 15.7. The van der Waals surface area contributed by atoms with Crippen LogP contribution in [-0.4, -0.2) is 41.6 Å². The molecule has 0 saturated carbocycles. The lowest BCUT2D eigenvalue weighted by Gasteiger charge is -2.05. The molecular formula is C14H17N3O3. The average Bonchev–Trinajstić information content (AvgIpc) is 2.45. The SMILES string of the molecule is CCNC(=O)CCNC(=O)c1cncc(C#CCO)c1. The Labute approximate surface area is 117 Å². The monoisotopic (exact) mass is 275 g/mol. The highest BCUT2D eigenvalue weighted by atomic mass is 16.2. The second kappa shape index (κ2) is 8.67. The lowest BCUT2D eigenvalue weighted by molar-refractivity contribution is -0.120. The van der Waals surface area contributed by atoms with Crippen LogP contribution in [0, 0.1) is 11.8 Å². The Morgan fingerprint density at radius 2 is 2.15 bits per heavy atom. The maximum atomic E-state index is 11.8. The number of carbonyl (C=O) groups excluding carboxylic acids is 2. The first-order valence-corrected chi connectivity index (χ1v) is 6.27. The number of carbonyl (C=O) groups is 2. The Balaban J connectivity index is 2.53. The van der Waals surface area contributed by atoms with Crippen LogP contribution in [-0.2, 0) is 4.79 Å². The topological polar surface area (TPSA) is 91.3 Å². The molecule has 0 saturated heterocycles. The molecule has 0 spiro atoms. The van der Waals surface area contributed by atoms with Crippen LogP contribution >= 0.6 is 0 Å². The smallest absolute Gasteiger partial charge is 0.252 e. The lowest BCUT2D eigenvalue weighted by atomic mass is 10.2. The Hall–Kier alpha value is -2.39. The van der Waals surface area contributed by atoms with E-state index in [9.17, 15) is 9.59 Å². The van der Waals surface area contributed by atoms with Crippen molar-refractivity contribution >= 4 is 11.8 Å². The molecule has 0 aliphatic rings. The van der Waals surface area contributed by atoms with Crippen molar-refractivity contribution in [3.8, 4) is 11.8 Å². The van der Waals surface area contributed by atoms with E-state index in [0.717, 1.165) is 0 Å². The number of nitrogens with one attached hydrogen (secondary N) is 2. The number of pyridine rings is 1. The van der Waals surface area contributed by atoms with Gasteiger partial charge in [0.2, 0.25) is 5.91 Å². The minimum Gasteiger partial charge on any atom is -0.384 e. The predicted molar refractivity (Wildman–Crippen MR) is 73.8 cm³/mol. The molecule has 0 aliphatic carbocycles. The molecule has 2 amide bonds. The summed E-state index contributed by atoms with van der Waals surface area (Å²) >= 11 is 0. The van der Waals surface area contributed by atoms with Gasteiger partial charge in [0.05, 0.1) is 5.56 Å². The molecule has 0 fully saturated rings. The molecule has 0 bridgehead atoms. The first-order valence-electron chi connectivity index (χ1n) is 6.27. The number of hydrogen-bond donors (Lipinski definition) is 3. The van der Waals surface area contributed by atoms with Gasteiger partial charge in [0, 0.05) is 37.5 Å². The van der Waals surface area contributed by atoms with E-state index in [-0.39, 0.29) is 31.4 Å². The van der Waals surface area contributed by atoms with Crippen molar-refractivity contribution in [2.75, 3.05) is 19.7 Å². The molecule has 0 unspecified atom stereocenters. The summed E-state index contributed by atoms with van der Waals surface area (Å²) in [6.45, 7) is 2.42. The van der Waals surface area contributed by atoms with Crippen LogP contribution in [0.1, 0.15) is 29.3 Å². The molecule has 3 N–H and O–H groups in total. The summed E-state index contributed by atoms with van der Waals surface area (Å²) in [5, 5.41) is 13.9. The van der Waals surface area contributed by atoms with E-state index in [1.54, 1.807) is 6.07 Å². The van der Waals surface area contributed by atoms with Gasteiger partial charge in [0.1, 0.15) is 6.61 Å². The Kier molecular flexibility index (Phi) is 6.79. The number of hydrogen-bond acceptors (Lipinski definition) is 4. The van der Waals surface area contributed by atoms with E-state index in [2.05, 4.69) is 27.5 Å². The van der Waals surface area contributed by atoms with Crippen LogP contribution in [0.3, 0.4) is 0 Å². The van der Waals surface area contributed by atoms with Gasteiger partial charge in [-0.1, -0.05) is 11.8 Å². The normalized spacial score (nSPS) is 9.30. The standard InChI is InChI=1S/C14H17N3O3/c1-2-16-13(19)5-6-17-14(20)12-8-11(4-3-7-18)9-15-10-12/h8-10,18H,2,5-7H2,1H3,(H,16,19)(H,17,20). The Morgan fingerprint density at radius 3 is 2.85 bits per heavy atom. The van der Waals surface area contributed by atoms with Crippen LogP contribution in [0.4, 0.5) is 0 Å². The minimum atomic E-state index is -0.311. The largest absolute Gasteiger partial charge is 0.384 e. The van der Waals surface area contributed by atoms with E-state index in [4.69, 9.17) is 5.11 Å². The fourth-order valence-corrected chi connectivity index (χ4v) is 1.45. The summed E-state index contributed by atoms with van der Waals surface area (Å²) < 4.78 is 0. The van der Waals surface area contributed by atoms with E-state index < -0.39 is 0 Å². The molecule has 106 valence electrons. The third-order valence-electron chi connectivity index (χ3n) is 2.32. The predicted octanol–water partition coefficient (Wildman–Crippen LogP) is -0.319. The zero-order valence-corrected chi connectivity index (χ0v) is 11.3. The quantitative estimate of drug-likeness (QED) is 0.642. The number of amides is 2. The molecular weight excluding hydrogens is 258 g/mol. The summed E-state index contributed by atoms with van der Waals surface area (Å²) in [7, 11) is 0. The van der Waals surface area contributed by atoms with Crippen molar-refractivity contribution in [1.29, 1.82) is 0 Å². The molecule has 1 aromatic heterocycles. The summed E-state index contributed by atoms with van der Waals surface area (Å²) in [6.07, 6.45) is 3.16. The van der Waals surface area contributed by atoms with Crippen molar-refractivity contribution in [1.82, 2.24) is 15.6 Å². The maximum Gasteiger partial charge on any atom is 0.252 e. The van der Waals surface area contributed by atoms with E-state index >= 15 is 0 Å². The first-order chi connectivity index (χ1) is 9.67. The van der Waals surface area contributed by atoms with Crippen molar-refractivity contribution < 1.29 is 14.7 Å². The molecule has 1 aromatic rings. The van der Waals surface area contributed by atoms with Crippen LogP contribution in [0.5, 0.6) is 0 Å². The molecule has 0 atom stereocenters. The Morgan fingerprint density at radius 1 is 1.35 bits per heavy atom. The summed E-state index contributed by atoms with van der Waals surface area (Å²) in [6, 6.07) is 1.58. The molecule has 0 radical (unpaired) electrons. The zero-order chi connectivity index (χ0) is 14.8. The van der Waals surface area contributed by atoms with Crippen LogP contribution < -0.4 is 10.6 Å². The van der Waals surface area contributed by atoms with Crippen molar-refractivity contribution in [3.63, 3.8) is 0 Å². The summed E-state index contributed by atoms with van der Waals surface area (Å²) in [5.74, 6) is 4.74. The molecule has 1 heterocycles. The second-order valence-electron chi connectivity index (χ2n) is 3.88. The number of rotatable bonds is 5. The molecule has 6 heteroatoms. The number of aliphatic hydroxyl groups excluding tert-OH is 1. The van der Waals surface area contributed by atoms with Crippen LogP contribution in [0.25, 0.3) is 0 Å². The van der Waals surface area contributed by atoms with Gasteiger partial charge in [0.25, 0.3) is 5.91 Å². The fraction of sp³-hybridized carbons (Fsp3) is 0.357. The van der Waals surface area contributed by atoms with Gasteiger partial charge in [-0.25, -0.2) is 0 Å². The van der Waals surface area contributed by atoms with Gasteiger partial charge < -0.3 is 15.7 Å². The maximum absolute atomic E-state index is 11.8. The van der Waals surface area contributed by atoms with Crippen LogP contribution in [0.15, 0.2) is 18.5 Å². The highest BCUT2D eigenvalue weighted by Crippen LogP contribution is 2.01. The van der Waals surface area contributed by atoms with Gasteiger partial charge in [-0.2, -0.15) is 0 Å². The second-order valence-corrected chi connectivity index (χ2v) is 3.88. The average molecular weight is 275 g/mol. The highest BCUT2D eigenvalue weighted by Gasteiger charge is 2.07. The number of nitrogens with zero attached hydrogens (tertiary/aromatic N) is 1. The van der Waals surface area contributed by atoms with E-state index in [1.807, 2.05) is 6.92 Å². The molecule has 1 rings (SSSR count). The molecule has 6 nitrogen and oxygen atoms in total. The lowest BCUT2D eigenvalue weighted by Crippen LogP contribution is -2.30. The molecule has 20 heavy (non-hydrogen) atoms. The van der Waals surface area contributed by atoms with Gasteiger partial charge in [-0.3, -0.25) is 14.6 Å². The van der Waals surface area contributed by atoms with Crippen LogP contribution in [0.2, 0.25) is 0 Å². The third kappa shape index (κ3) is 5.50.